The van der Waals surface area contributed by atoms with Crippen molar-refractivity contribution >= 4 is 163 Å². The summed E-state index contributed by atoms with van der Waals surface area (Å²) < 4.78 is 2.42. The third-order valence-corrected chi connectivity index (χ3v) is 26.5. The SMILES string of the molecule is Bc1c(B)c(B)c(N(c2ccccc2)c2ccc(C#N)cc2-c2ccc3c(c2)N(c2ccc(C(C)(C)C)cc2-c2ccccc2)c2cc(-c4cc(C(C)(C)C)cc(C(C)(C)C)c4)cc4c2B3c2ccc(-c3cc(-n5c6ccc(C(C)(C)C)cc6c6cc(C(C)(C)C)ccc65)ccc3C#N)cc2N4c2ccc(C(C)(C)C)cc2-c2ccccc2)c(B)c1B. The topological polar surface area (TPSA) is 62.2 Å². The number of aromatic nitrogens is 1. The number of nitriles is 2. The highest BCUT2D eigenvalue weighted by molar-refractivity contribution is 7.00. The summed E-state index contributed by atoms with van der Waals surface area (Å²) in [5.74, 6) is 0. The van der Waals surface area contributed by atoms with E-state index in [0.29, 0.717) is 11.1 Å². The van der Waals surface area contributed by atoms with Gasteiger partial charge in [-0.2, -0.15) is 10.5 Å². The van der Waals surface area contributed by atoms with Crippen molar-refractivity contribution in [2.45, 2.75) is 157 Å². The van der Waals surface area contributed by atoms with E-state index in [4.69, 9.17) is 0 Å². The summed E-state index contributed by atoms with van der Waals surface area (Å²) in [6.45, 7) is 41.4. The molecule has 12 heteroatoms. The number of anilines is 9. The monoisotopic (exact) mass is 1580 g/mol. The van der Waals surface area contributed by atoms with Gasteiger partial charge in [-0.25, -0.2) is 0 Å². The lowest BCUT2D eigenvalue weighted by molar-refractivity contribution is 0.569. The largest absolute Gasteiger partial charge is 0.311 e. The first kappa shape index (κ1) is 82.0. The molecule has 0 N–H and O–H groups in total. The van der Waals surface area contributed by atoms with Crippen molar-refractivity contribution in [3.8, 4) is 73.5 Å². The minimum absolute atomic E-state index is 0.0775. The van der Waals surface area contributed by atoms with Gasteiger partial charge in [-0.05, 0) is 237 Å². The fourth-order valence-electron chi connectivity index (χ4n) is 18.8. The van der Waals surface area contributed by atoms with Gasteiger partial charge >= 0.3 is 0 Å². The second-order valence-electron chi connectivity index (χ2n) is 40.7. The maximum atomic E-state index is 11.7. The molecule has 6 nitrogen and oxygen atoms in total. The van der Waals surface area contributed by atoms with Crippen LogP contribution < -0.4 is 58.4 Å². The lowest BCUT2D eigenvalue weighted by Gasteiger charge is -2.45. The third-order valence-electron chi connectivity index (χ3n) is 26.5. The molecule has 0 unspecified atom stereocenters. The molecule has 0 aliphatic carbocycles. The van der Waals surface area contributed by atoms with Gasteiger partial charge in [-0.3, -0.25) is 0 Å². The number of hydrogen-bond donors (Lipinski definition) is 0. The zero-order valence-electron chi connectivity index (χ0n) is 75.7. The maximum absolute atomic E-state index is 11.7. The van der Waals surface area contributed by atoms with Crippen molar-refractivity contribution in [2.24, 2.45) is 0 Å². The standard InChI is InChI=1S/C110H108B6N6/c1-105(2,3)73-38-46-90(83(58-73)66-28-22-19-23-29-66)121-94-53-68(81-62-80(42-35-70(81)64-118)119-92-48-40-75(107(7,8)9)60-85(92)86-61-76(108(10,11)12)41-49-93(86)119)36-43-87(94)116-88-44-37-69(82-50-65(63-117)34-45-89(82)120(79-32-26-21-27-33-79)104-101(114)99(112)98(111)100(113)102(104)115)54-95(88)122(91-47-39-74(106(4,5)6)59-84(91)67-30-24-20-25-31-67)97-56-72(55-96(121)103(97)116)71-51-77(109(13,14)15)57-78(52-71)110(16,17)18/h19-62H,111-115H2,1-18H3. The van der Waals surface area contributed by atoms with Crippen LogP contribution >= 0.6 is 0 Å². The van der Waals surface area contributed by atoms with E-state index in [0.717, 1.165) is 134 Å². The van der Waals surface area contributed by atoms with Crippen molar-refractivity contribution in [3.05, 3.63) is 311 Å². The number of hydrogen-bond acceptors (Lipinski definition) is 5. The Morgan fingerprint density at radius 1 is 0.303 bits per heavy atom. The number of nitrogens with zero attached hydrogens (tertiary/aromatic N) is 6. The Kier molecular flexibility index (Phi) is 20.2. The fraction of sp³-hybridized carbons (Fsp3) is 0.218. The molecule has 17 rings (SSSR count). The van der Waals surface area contributed by atoms with Crippen LogP contribution in [-0.2, 0) is 32.5 Å². The van der Waals surface area contributed by atoms with E-state index in [1.54, 1.807) is 0 Å². The zero-order valence-corrected chi connectivity index (χ0v) is 75.7. The van der Waals surface area contributed by atoms with Gasteiger partial charge in [-0.15, -0.1) is 5.46 Å². The smallest absolute Gasteiger partial charge is 0.252 e. The summed E-state index contributed by atoms with van der Waals surface area (Å²) in [6.07, 6.45) is 0. The summed E-state index contributed by atoms with van der Waals surface area (Å²) in [4.78, 5) is 7.69. The van der Waals surface area contributed by atoms with Crippen LogP contribution in [0.2, 0.25) is 0 Å². The van der Waals surface area contributed by atoms with Gasteiger partial charge in [0.25, 0.3) is 6.71 Å². The van der Waals surface area contributed by atoms with Crippen LogP contribution in [0.15, 0.2) is 267 Å². The molecule has 2 aliphatic rings. The highest BCUT2D eigenvalue weighted by atomic mass is 15.2. The third kappa shape index (κ3) is 14.4. The molecule has 2 aliphatic heterocycles. The first-order valence-corrected chi connectivity index (χ1v) is 43.5. The highest BCUT2D eigenvalue weighted by Crippen LogP contribution is 2.54. The number of fused-ring (bicyclic) bond motifs is 7. The van der Waals surface area contributed by atoms with E-state index in [2.05, 4.69) is 450 Å². The number of benzene rings is 14. The summed E-state index contributed by atoms with van der Waals surface area (Å²) >= 11 is 0. The van der Waals surface area contributed by atoms with E-state index < -0.39 is 0 Å². The molecule has 596 valence electrons. The molecule has 122 heavy (non-hydrogen) atoms. The van der Waals surface area contributed by atoms with Crippen LogP contribution in [0.5, 0.6) is 0 Å². The van der Waals surface area contributed by atoms with E-state index in [1.165, 1.54) is 76.9 Å². The van der Waals surface area contributed by atoms with E-state index in [-0.39, 0.29) is 39.2 Å². The quantitative estimate of drug-likeness (QED) is 0.121. The molecule has 0 amide bonds. The van der Waals surface area contributed by atoms with E-state index in [1.807, 2.05) is 12.1 Å². The maximum Gasteiger partial charge on any atom is 0.252 e. The average molecular weight is 1580 g/mol. The van der Waals surface area contributed by atoms with Crippen LogP contribution in [0.4, 0.5) is 51.2 Å². The molecule has 0 bridgehead atoms. The van der Waals surface area contributed by atoms with E-state index in [9.17, 15) is 10.5 Å². The molecular weight excluding hydrogens is 1470 g/mol. The summed E-state index contributed by atoms with van der Waals surface area (Å²) in [7, 11) is 11.3. The predicted octanol–water partition coefficient (Wildman–Crippen LogP) is 19.5. The molecule has 1 aromatic heterocycles. The number of rotatable bonds is 11. The van der Waals surface area contributed by atoms with Crippen molar-refractivity contribution in [1.29, 1.82) is 10.5 Å². The summed E-state index contributed by atoms with van der Waals surface area (Å²) in [5.41, 5.74) is 40.2. The first-order chi connectivity index (χ1) is 57.8. The van der Waals surface area contributed by atoms with Crippen LogP contribution in [0.1, 0.15) is 169 Å². The van der Waals surface area contributed by atoms with Crippen molar-refractivity contribution < 1.29 is 0 Å². The fourth-order valence-corrected chi connectivity index (χ4v) is 18.8. The van der Waals surface area contributed by atoms with Crippen molar-refractivity contribution in [2.75, 3.05) is 14.7 Å². The van der Waals surface area contributed by atoms with Gasteiger partial charge in [0.2, 0.25) is 0 Å². The van der Waals surface area contributed by atoms with Crippen LogP contribution in [-0.4, -0.2) is 50.5 Å². The minimum atomic E-state index is -0.367. The first-order valence-electron chi connectivity index (χ1n) is 43.5. The van der Waals surface area contributed by atoms with Crippen molar-refractivity contribution in [3.63, 3.8) is 0 Å². The Bertz CT molecular complexity index is 6730. The molecule has 0 saturated carbocycles. The second kappa shape index (κ2) is 30.1. The van der Waals surface area contributed by atoms with Gasteiger partial charge in [0, 0.05) is 72.8 Å². The summed E-state index contributed by atoms with van der Waals surface area (Å²) in [6, 6.07) is 106. The van der Waals surface area contributed by atoms with Crippen LogP contribution in [0, 0.1) is 22.7 Å². The predicted molar refractivity (Wildman–Crippen MR) is 539 cm³/mol. The average Bonchev–Trinajstić information content (AvgIpc) is 0.700. The van der Waals surface area contributed by atoms with Crippen LogP contribution in [0.25, 0.3) is 83.1 Å². The van der Waals surface area contributed by atoms with Gasteiger partial charge < -0.3 is 19.3 Å². The summed E-state index contributed by atoms with van der Waals surface area (Å²) in [5, 5.41) is 25.4. The highest BCUT2D eigenvalue weighted by Gasteiger charge is 2.46. The second-order valence-corrected chi connectivity index (χ2v) is 40.7. The molecule has 0 atom stereocenters. The Balaban J connectivity index is 1.02. The molecule has 0 radical (unpaired) electrons. The Morgan fingerprint density at radius 3 is 1.16 bits per heavy atom. The van der Waals surface area contributed by atoms with E-state index >= 15 is 0 Å². The Morgan fingerprint density at radius 2 is 0.713 bits per heavy atom. The van der Waals surface area contributed by atoms with Crippen molar-refractivity contribution in [1.82, 2.24) is 4.57 Å². The molecule has 3 heterocycles. The zero-order chi connectivity index (χ0) is 86.5. The molecule has 15 aromatic rings. The lowest BCUT2D eigenvalue weighted by atomic mass is 9.33. The van der Waals surface area contributed by atoms with Gasteiger partial charge in [0.1, 0.15) is 39.2 Å². The molecule has 0 spiro atoms. The normalized spacial score (nSPS) is 12.9. The Labute approximate surface area is 729 Å². The number of para-hydroxylation sites is 1. The molecule has 0 saturated heterocycles. The molecule has 0 fully saturated rings. The van der Waals surface area contributed by atoms with Gasteiger partial charge in [0.15, 0.2) is 0 Å². The van der Waals surface area contributed by atoms with Gasteiger partial charge in [-0.1, -0.05) is 292 Å². The van der Waals surface area contributed by atoms with Crippen LogP contribution in [0.3, 0.4) is 0 Å². The lowest BCUT2D eigenvalue weighted by Crippen LogP contribution is -2.61. The molecule has 14 aromatic carbocycles. The molecular formula is C110H108B6N6. The Hall–Kier alpha value is -12.4. The van der Waals surface area contributed by atoms with Gasteiger partial charge in [0.05, 0.1) is 51.4 Å². The minimum Gasteiger partial charge on any atom is -0.311 e.